The Morgan fingerprint density at radius 3 is 2.00 bits per heavy atom. The van der Waals surface area contributed by atoms with Crippen molar-refractivity contribution in [1.29, 1.82) is 0 Å². The van der Waals surface area contributed by atoms with Gasteiger partial charge in [0.2, 0.25) is 0 Å². The third-order valence-electron chi connectivity index (χ3n) is 3.97. The highest BCUT2D eigenvalue weighted by Crippen LogP contribution is 2.38. The number of ether oxygens (including phenoxy) is 1. The van der Waals surface area contributed by atoms with Crippen molar-refractivity contribution in [1.82, 2.24) is 0 Å². The van der Waals surface area contributed by atoms with Gasteiger partial charge in [0.1, 0.15) is 5.75 Å². The van der Waals surface area contributed by atoms with Crippen molar-refractivity contribution in [2.75, 3.05) is 7.11 Å². The number of rotatable bonds is 6. The average Bonchev–Trinajstić information content (AvgIpc) is 2.36. The summed E-state index contributed by atoms with van der Waals surface area (Å²) in [4.78, 5) is 11.5. The minimum absolute atomic E-state index is 0.333. The maximum Gasteiger partial charge on any atom is 0.309 e. The maximum absolute atomic E-state index is 11.5. The molecule has 1 aromatic carbocycles. The van der Waals surface area contributed by atoms with E-state index in [2.05, 4.69) is 39.8 Å². The van der Waals surface area contributed by atoms with Crippen LogP contribution in [-0.2, 0) is 11.2 Å². The second-order valence-corrected chi connectivity index (χ2v) is 6.93. The highest BCUT2D eigenvalue weighted by Gasteiger charge is 2.31. The van der Waals surface area contributed by atoms with Crippen LogP contribution < -0.4 is 4.74 Å². The summed E-state index contributed by atoms with van der Waals surface area (Å²) in [5.41, 5.74) is 2.53. The summed E-state index contributed by atoms with van der Waals surface area (Å²) < 4.78 is 5.66. The second-order valence-electron chi connectivity index (χ2n) is 6.93. The molecular formula is C18H28O3. The summed E-state index contributed by atoms with van der Waals surface area (Å²) in [6.07, 6.45) is 0.472. The smallest absolute Gasteiger partial charge is 0.309 e. The van der Waals surface area contributed by atoms with E-state index in [1.165, 1.54) is 5.56 Å². The molecule has 1 rings (SSSR count). The fourth-order valence-corrected chi connectivity index (χ4v) is 2.60. The van der Waals surface area contributed by atoms with Crippen LogP contribution in [0, 0.1) is 5.41 Å². The molecule has 118 valence electrons. The fraction of sp³-hybridized carbons (Fsp3) is 0.611. The van der Waals surface area contributed by atoms with Crippen LogP contribution in [0.2, 0.25) is 0 Å². The molecule has 0 amide bonds. The largest absolute Gasteiger partial charge is 0.496 e. The number of hydrogen-bond donors (Lipinski definition) is 1. The van der Waals surface area contributed by atoms with Gasteiger partial charge in [-0.3, -0.25) is 4.79 Å². The first-order valence-electron chi connectivity index (χ1n) is 7.54. The molecule has 0 aromatic heterocycles. The molecule has 0 heterocycles. The van der Waals surface area contributed by atoms with Gasteiger partial charge >= 0.3 is 5.97 Å². The summed E-state index contributed by atoms with van der Waals surface area (Å²) in [6, 6.07) is 4.23. The van der Waals surface area contributed by atoms with Crippen molar-refractivity contribution >= 4 is 5.97 Å². The van der Waals surface area contributed by atoms with Gasteiger partial charge < -0.3 is 9.84 Å². The third-order valence-corrected chi connectivity index (χ3v) is 3.97. The molecule has 0 radical (unpaired) electrons. The monoisotopic (exact) mass is 292 g/mol. The van der Waals surface area contributed by atoms with E-state index in [1.807, 2.05) is 0 Å². The van der Waals surface area contributed by atoms with Crippen LogP contribution in [-0.4, -0.2) is 18.2 Å². The van der Waals surface area contributed by atoms with E-state index in [-0.39, 0.29) is 0 Å². The molecule has 0 saturated carbocycles. The summed E-state index contributed by atoms with van der Waals surface area (Å²) in [6.45, 7) is 12.0. The molecule has 0 bridgehead atoms. The zero-order valence-electron chi connectivity index (χ0n) is 14.3. The number of methoxy groups -OCH3 is 1. The van der Waals surface area contributed by atoms with Crippen molar-refractivity contribution in [3.63, 3.8) is 0 Å². The molecule has 0 spiro atoms. The number of carboxylic acids is 1. The lowest BCUT2D eigenvalue weighted by molar-refractivity contribution is -0.146. The quantitative estimate of drug-likeness (QED) is 0.833. The molecule has 3 heteroatoms. The Morgan fingerprint density at radius 1 is 1.14 bits per heavy atom. The molecule has 0 atom stereocenters. The molecular weight excluding hydrogens is 264 g/mol. The van der Waals surface area contributed by atoms with E-state index in [0.717, 1.165) is 16.9 Å². The minimum atomic E-state index is -0.813. The van der Waals surface area contributed by atoms with Gasteiger partial charge in [-0.1, -0.05) is 39.8 Å². The summed E-state index contributed by atoms with van der Waals surface area (Å²) in [7, 11) is 1.67. The molecule has 0 aliphatic carbocycles. The Morgan fingerprint density at radius 2 is 1.62 bits per heavy atom. The molecule has 21 heavy (non-hydrogen) atoms. The Kier molecular flexibility index (Phi) is 5.43. The Bertz CT molecular complexity index is 513. The van der Waals surface area contributed by atoms with Gasteiger partial charge in [-0.25, -0.2) is 0 Å². The molecule has 0 unspecified atom stereocenters. The Balaban J connectivity index is 3.50. The number of hydrogen-bond acceptors (Lipinski definition) is 2. The molecule has 1 aromatic rings. The number of carboxylic acid groups (broad SMARTS) is 1. The topological polar surface area (TPSA) is 46.5 Å². The lowest BCUT2D eigenvalue weighted by atomic mass is 9.80. The lowest BCUT2D eigenvalue weighted by Crippen LogP contribution is -2.27. The van der Waals surface area contributed by atoms with E-state index >= 15 is 0 Å². The van der Waals surface area contributed by atoms with Gasteiger partial charge in [0, 0.05) is 0 Å². The molecule has 0 saturated heterocycles. The van der Waals surface area contributed by atoms with Crippen LogP contribution >= 0.6 is 0 Å². The zero-order valence-corrected chi connectivity index (χ0v) is 14.3. The fourth-order valence-electron chi connectivity index (χ4n) is 2.60. The SMILES string of the molecule is COc1c(C(C)C)ccc(C(C)C)c1CC(C)(C)C(=O)O. The zero-order chi connectivity index (χ0) is 16.4. The average molecular weight is 292 g/mol. The molecule has 0 fully saturated rings. The predicted molar refractivity (Wildman–Crippen MR) is 86.3 cm³/mol. The normalized spacial score (nSPS) is 12.0. The molecule has 0 aliphatic heterocycles. The van der Waals surface area contributed by atoms with Crippen LogP contribution in [0.5, 0.6) is 5.75 Å². The van der Waals surface area contributed by atoms with Gasteiger partial charge in [-0.2, -0.15) is 0 Å². The number of carbonyl (C=O) groups is 1. The third kappa shape index (κ3) is 3.78. The lowest BCUT2D eigenvalue weighted by Gasteiger charge is -2.26. The summed E-state index contributed by atoms with van der Waals surface area (Å²) in [5, 5.41) is 9.43. The van der Waals surface area contributed by atoms with Crippen molar-refractivity contribution in [3.05, 3.63) is 28.8 Å². The number of aliphatic carboxylic acids is 1. The summed E-state index contributed by atoms with van der Waals surface area (Å²) in [5.74, 6) is 0.743. The predicted octanol–water partition coefficient (Wildman–Crippen LogP) is 4.60. The minimum Gasteiger partial charge on any atom is -0.496 e. The van der Waals surface area contributed by atoms with Gasteiger partial charge in [0.05, 0.1) is 12.5 Å². The van der Waals surface area contributed by atoms with Gasteiger partial charge in [-0.15, -0.1) is 0 Å². The van der Waals surface area contributed by atoms with Gasteiger partial charge in [0.15, 0.2) is 0 Å². The highest BCUT2D eigenvalue weighted by atomic mass is 16.5. The van der Waals surface area contributed by atoms with Crippen LogP contribution in [0.3, 0.4) is 0 Å². The first-order valence-corrected chi connectivity index (χ1v) is 7.54. The van der Waals surface area contributed by atoms with E-state index < -0.39 is 11.4 Å². The first-order chi connectivity index (χ1) is 9.61. The van der Waals surface area contributed by atoms with Crippen LogP contribution in [0.25, 0.3) is 0 Å². The number of benzene rings is 1. The van der Waals surface area contributed by atoms with Crippen molar-refractivity contribution in [3.8, 4) is 5.75 Å². The maximum atomic E-state index is 11.5. The van der Waals surface area contributed by atoms with Crippen molar-refractivity contribution in [2.45, 2.75) is 59.8 Å². The summed E-state index contributed by atoms with van der Waals surface area (Å²) >= 11 is 0. The van der Waals surface area contributed by atoms with Crippen LogP contribution in [0.1, 0.15) is 70.1 Å². The van der Waals surface area contributed by atoms with E-state index in [0.29, 0.717) is 18.3 Å². The van der Waals surface area contributed by atoms with Crippen LogP contribution in [0.15, 0.2) is 12.1 Å². The van der Waals surface area contributed by atoms with Crippen molar-refractivity contribution < 1.29 is 14.6 Å². The van der Waals surface area contributed by atoms with Crippen molar-refractivity contribution in [2.24, 2.45) is 5.41 Å². The van der Waals surface area contributed by atoms with Crippen LogP contribution in [0.4, 0.5) is 0 Å². The first kappa shape index (κ1) is 17.5. The molecule has 3 nitrogen and oxygen atoms in total. The Labute approximate surface area is 128 Å². The van der Waals surface area contributed by atoms with Gasteiger partial charge in [-0.05, 0) is 48.8 Å². The van der Waals surface area contributed by atoms with Gasteiger partial charge in [0.25, 0.3) is 0 Å². The van der Waals surface area contributed by atoms with E-state index in [9.17, 15) is 9.90 Å². The second kappa shape index (κ2) is 6.50. The highest BCUT2D eigenvalue weighted by molar-refractivity contribution is 5.74. The van der Waals surface area contributed by atoms with E-state index in [1.54, 1.807) is 21.0 Å². The standard InChI is InChI=1S/C18H28O3/c1-11(2)13-8-9-14(12(3)4)16(21-7)15(13)10-18(5,6)17(19)20/h8-9,11-12H,10H2,1-7H3,(H,19,20). The molecule has 1 N–H and O–H groups in total. The Hall–Kier alpha value is -1.51. The molecule has 0 aliphatic rings. The van der Waals surface area contributed by atoms with E-state index in [4.69, 9.17) is 4.74 Å².